The number of imidazole rings is 1. The maximum absolute atomic E-state index is 9.12. The van der Waals surface area contributed by atoms with E-state index < -0.39 is 0 Å². The largest absolute Gasteiger partial charge is 0.395 e. The van der Waals surface area contributed by atoms with Gasteiger partial charge in [0.2, 0.25) is 0 Å². The van der Waals surface area contributed by atoms with E-state index in [4.69, 9.17) is 10.1 Å². The van der Waals surface area contributed by atoms with Gasteiger partial charge in [-0.15, -0.1) is 0 Å². The number of piperidine rings is 1. The number of hydrogen-bond acceptors (Lipinski definition) is 5. The summed E-state index contributed by atoms with van der Waals surface area (Å²) in [6.07, 6.45) is 7.79. The number of aliphatic hydroxyl groups excluding tert-OH is 1. The molecule has 22 heavy (non-hydrogen) atoms. The molecule has 0 spiro atoms. The van der Waals surface area contributed by atoms with Gasteiger partial charge in [0.05, 0.1) is 30.4 Å². The number of rotatable bonds is 4. The summed E-state index contributed by atoms with van der Waals surface area (Å²) in [6, 6.07) is 0. The summed E-state index contributed by atoms with van der Waals surface area (Å²) < 4.78 is 2.03. The highest BCUT2D eigenvalue weighted by Crippen LogP contribution is 2.26. The van der Waals surface area contributed by atoms with Gasteiger partial charge >= 0.3 is 0 Å². The van der Waals surface area contributed by atoms with E-state index >= 15 is 0 Å². The smallest absolute Gasteiger partial charge is 0.107 e. The standard InChI is InChI=1S/C16H23N5O/c1-12-18-10-16(20(12)2)15-9-17-8-14(19-15)13-4-3-5-21(11-13)6-7-22/h8-10,13,22H,3-7,11H2,1-2H3/t13-/m0/s1. The van der Waals surface area contributed by atoms with Crippen molar-refractivity contribution >= 4 is 0 Å². The lowest BCUT2D eigenvalue weighted by Crippen LogP contribution is -2.36. The first-order chi connectivity index (χ1) is 10.7. The minimum absolute atomic E-state index is 0.215. The molecule has 0 saturated carbocycles. The van der Waals surface area contributed by atoms with Crippen LogP contribution in [0.25, 0.3) is 11.4 Å². The minimum Gasteiger partial charge on any atom is -0.395 e. The molecule has 1 aliphatic rings. The fourth-order valence-electron chi connectivity index (χ4n) is 3.08. The quantitative estimate of drug-likeness (QED) is 0.923. The molecule has 1 aliphatic heterocycles. The second-order valence-electron chi connectivity index (χ2n) is 5.94. The van der Waals surface area contributed by atoms with Gasteiger partial charge in [0, 0.05) is 32.3 Å². The highest BCUT2D eigenvalue weighted by Gasteiger charge is 2.22. The molecule has 0 radical (unpaired) electrons. The molecule has 0 amide bonds. The van der Waals surface area contributed by atoms with Crippen LogP contribution in [0.15, 0.2) is 18.6 Å². The Hall–Kier alpha value is -1.79. The summed E-state index contributed by atoms with van der Waals surface area (Å²) >= 11 is 0. The van der Waals surface area contributed by atoms with Crippen LogP contribution in [0.3, 0.4) is 0 Å². The fraction of sp³-hybridized carbons (Fsp3) is 0.562. The van der Waals surface area contributed by atoms with E-state index in [1.54, 1.807) is 6.20 Å². The molecule has 1 atom stereocenters. The summed E-state index contributed by atoms with van der Waals surface area (Å²) in [7, 11) is 2.00. The second-order valence-corrected chi connectivity index (χ2v) is 5.94. The molecular weight excluding hydrogens is 278 g/mol. The molecule has 0 bridgehead atoms. The topological polar surface area (TPSA) is 67.1 Å². The van der Waals surface area contributed by atoms with Gasteiger partial charge in [-0.3, -0.25) is 4.98 Å². The zero-order valence-electron chi connectivity index (χ0n) is 13.2. The third-order valence-corrected chi connectivity index (χ3v) is 4.48. The number of β-amino-alcohol motifs (C(OH)–C–C–N with tert-alkyl or cyclic N) is 1. The van der Waals surface area contributed by atoms with Crippen molar-refractivity contribution in [3.05, 3.63) is 30.1 Å². The highest BCUT2D eigenvalue weighted by atomic mass is 16.3. The molecule has 6 heteroatoms. The zero-order valence-corrected chi connectivity index (χ0v) is 13.2. The Labute approximate surface area is 130 Å². The zero-order chi connectivity index (χ0) is 15.5. The van der Waals surface area contributed by atoms with Gasteiger partial charge in [-0.25, -0.2) is 9.97 Å². The first-order valence-electron chi connectivity index (χ1n) is 7.83. The maximum Gasteiger partial charge on any atom is 0.107 e. The average Bonchev–Trinajstić information content (AvgIpc) is 2.88. The predicted octanol–water partition coefficient (Wildman–Crippen LogP) is 1.36. The van der Waals surface area contributed by atoms with E-state index in [-0.39, 0.29) is 6.61 Å². The Balaban J connectivity index is 1.83. The molecule has 1 fully saturated rings. The first-order valence-corrected chi connectivity index (χ1v) is 7.83. The van der Waals surface area contributed by atoms with Crippen LogP contribution < -0.4 is 0 Å². The lowest BCUT2D eigenvalue weighted by molar-refractivity contribution is 0.160. The van der Waals surface area contributed by atoms with Crippen LogP contribution in [0.1, 0.15) is 30.3 Å². The first kappa shape index (κ1) is 15.1. The lowest BCUT2D eigenvalue weighted by Gasteiger charge is -2.31. The fourth-order valence-corrected chi connectivity index (χ4v) is 3.08. The molecule has 2 aromatic heterocycles. The molecular formula is C16H23N5O. The Kier molecular flexibility index (Phi) is 4.49. The van der Waals surface area contributed by atoms with Crippen molar-refractivity contribution in [1.29, 1.82) is 0 Å². The van der Waals surface area contributed by atoms with Gasteiger partial charge in [0.25, 0.3) is 0 Å². The van der Waals surface area contributed by atoms with E-state index in [1.165, 1.54) is 0 Å². The van der Waals surface area contributed by atoms with Gasteiger partial charge in [-0.2, -0.15) is 0 Å². The Morgan fingerprint density at radius 2 is 2.18 bits per heavy atom. The number of aryl methyl sites for hydroxylation is 1. The molecule has 0 aliphatic carbocycles. The Morgan fingerprint density at radius 1 is 1.32 bits per heavy atom. The molecule has 6 nitrogen and oxygen atoms in total. The summed E-state index contributed by atoms with van der Waals surface area (Å²) in [5.41, 5.74) is 2.91. The van der Waals surface area contributed by atoms with Crippen LogP contribution in [-0.4, -0.2) is 55.8 Å². The minimum atomic E-state index is 0.215. The third kappa shape index (κ3) is 3.03. The molecule has 3 rings (SSSR count). The summed E-state index contributed by atoms with van der Waals surface area (Å²) in [4.78, 5) is 15.8. The average molecular weight is 301 g/mol. The van der Waals surface area contributed by atoms with Gasteiger partial charge in [-0.1, -0.05) is 0 Å². The van der Waals surface area contributed by atoms with Crippen molar-refractivity contribution < 1.29 is 5.11 Å². The van der Waals surface area contributed by atoms with Gasteiger partial charge in [0.1, 0.15) is 11.5 Å². The predicted molar refractivity (Wildman–Crippen MR) is 84.5 cm³/mol. The maximum atomic E-state index is 9.12. The summed E-state index contributed by atoms with van der Waals surface area (Å²) in [5, 5.41) is 9.12. The number of hydrogen-bond donors (Lipinski definition) is 1. The monoisotopic (exact) mass is 301 g/mol. The van der Waals surface area contributed by atoms with Crippen LogP contribution in [0.4, 0.5) is 0 Å². The van der Waals surface area contributed by atoms with Crippen molar-refractivity contribution in [1.82, 2.24) is 24.4 Å². The number of aliphatic hydroxyl groups is 1. The van der Waals surface area contributed by atoms with Crippen molar-refractivity contribution in [2.75, 3.05) is 26.2 Å². The number of likely N-dealkylation sites (tertiary alicyclic amines) is 1. The van der Waals surface area contributed by atoms with E-state index in [0.717, 1.165) is 55.4 Å². The third-order valence-electron chi connectivity index (χ3n) is 4.48. The molecule has 0 aromatic carbocycles. The molecule has 1 N–H and O–H groups in total. The summed E-state index contributed by atoms with van der Waals surface area (Å²) in [5.74, 6) is 1.36. The number of nitrogens with zero attached hydrogens (tertiary/aromatic N) is 5. The van der Waals surface area contributed by atoms with Crippen LogP contribution >= 0.6 is 0 Å². The van der Waals surface area contributed by atoms with E-state index in [2.05, 4.69) is 14.9 Å². The van der Waals surface area contributed by atoms with Crippen molar-refractivity contribution in [3.8, 4) is 11.4 Å². The van der Waals surface area contributed by atoms with Gasteiger partial charge in [0.15, 0.2) is 0 Å². The van der Waals surface area contributed by atoms with Crippen LogP contribution in [0.2, 0.25) is 0 Å². The Bertz CT molecular complexity index is 637. The summed E-state index contributed by atoms with van der Waals surface area (Å²) in [6.45, 7) is 4.94. The normalized spacial score (nSPS) is 19.5. The van der Waals surface area contributed by atoms with Crippen LogP contribution in [-0.2, 0) is 7.05 Å². The van der Waals surface area contributed by atoms with Crippen molar-refractivity contribution in [2.45, 2.75) is 25.7 Å². The molecule has 0 unspecified atom stereocenters. The second kappa shape index (κ2) is 6.54. The molecule has 2 aromatic rings. The van der Waals surface area contributed by atoms with Crippen molar-refractivity contribution in [2.24, 2.45) is 7.05 Å². The number of aromatic nitrogens is 4. The van der Waals surface area contributed by atoms with Crippen LogP contribution in [0, 0.1) is 6.92 Å². The SMILES string of the molecule is Cc1ncc(-c2cncc([C@H]3CCCN(CCO)C3)n2)n1C. The molecule has 1 saturated heterocycles. The van der Waals surface area contributed by atoms with E-state index in [9.17, 15) is 0 Å². The van der Waals surface area contributed by atoms with Gasteiger partial charge in [-0.05, 0) is 26.3 Å². The van der Waals surface area contributed by atoms with E-state index in [1.807, 2.05) is 30.9 Å². The van der Waals surface area contributed by atoms with E-state index in [0.29, 0.717) is 5.92 Å². The van der Waals surface area contributed by atoms with Crippen molar-refractivity contribution in [3.63, 3.8) is 0 Å². The lowest BCUT2D eigenvalue weighted by atomic mass is 9.95. The Morgan fingerprint density at radius 3 is 2.91 bits per heavy atom. The van der Waals surface area contributed by atoms with Crippen LogP contribution in [0.5, 0.6) is 0 Å². The van der Waals surface area contributed by atoms with Gasteiger partial charge < -0.3 is 14.6 Å². The molecule has 118 valence electrons. The highest BCUT2D eigenvalue weighted by molar-refractivity contribution is 5.53. The molecule has 3 heterocycles.